The van der Waals surface area contributed by atoms with Gasteiger partial charge in [0.25, 0.3) is 0 Å². The number of carbonyl (C=O) groups excluding carboxylic acids is 2. The van der Waals surface area contributed by atoms with Gasteiger partial charge in [-0.1, -0.05) is 12.8 Å². The Morgan fingerprint density at radius 2 is 1.09 bits per heavy atom. The minimum absolute atomic E-state index is 0.167. The monoisotopic (exact) mass is 450 g/mol. The predicted molar refractivity (Wildman–Crippen MR) is 115 cm³/mol. The standard InChI is InChI=1S/C24H34O8/c25-13-19-5-1-3-11-23(19,15-27)31-21(29)17-7-9-18(10-8-17)22(30)32-24(16-28)12-4-2-6-20(24)14-26/h7-10,19-20,25-28H,1-6,11-16H2. The zero-order valence-electron chi connectivity index (χ0n) is 18.4. The Hall–Kier alpha value is -2.00. The zero-order valence-corrected chi connectivity index (χ0v) is 18.4. The van der Waals surface area contributed by atoms with Crippen LogP contribution in [0.25, 0.3) is 0 Å². The highest BCUT2D eigenvalue weighted by molar-refractivity contribution is 5.93. The third-order valence-electron chi connectivity index (χ3n) is 7.22. The van der Waals surface area contributed by atoms with Crippen molar-refractivity contribution in [2.45, 2.75) is 62.6 Å². The van der Waals surface area contributed by atoms with E-state index in [1.54, 1.807) is 0 Å². The summed E-state index contributed by atoms with van der Waals surface area (Å²) in [7, 11) is 0. The molecule has 0 aromatic heterocycles. The van der Waals surface area contributed by atoms with Gasteiger partial charge in [0.1, 0.15) is 11.2 Å². The van der Waals surface area contributed by atoms with Gasteiger partial charge in [-0.3, -0.25) is 0 Å². The van der Waals surface area contributed by atoms with Crippen molar-refractivity contribution < 1.29 is 39.5 Å². The number of carbonyl (C=O) groups is 2. The SMILES string of the molecule is O=C(OC1(CO)CCCCC1CO)c1ccc(C(=O)OC2(CO)CCCCC2CO)cc1. The molecule has 8 heteroatoms. The van der Waals surface area contributed by atoms with Crippen LogP contribution in [0.2, 0.25) is 0 Å². The van der Waals surface area contributed by atoms with E-state index in [0.29, 0.717) is 25.7 Å². The van der Waals surface area contributed by atoms with E-state index < -0.39 is 23.1 Å². The van der Waals surface area contributed by atoms with Crippen LogP contribution in [0.4, 0.5) is 0 Å². The highest BCUT2D eigenvalue weighted by Crippen LogP contribution is 2.38. The van der Waals surface area contributed by atoms with Crippen LogP contribution < -0.4 is 0 Å². The maximum Gasteiger partial charge on any atom is 0.338 e. The Bertz CT molecular complexity index is 714. The average Bonchev–Trinajstić information content (AvgIpc) is 2.84. The van der Waals surface area contributed by atoms with Crippen molar-refractivity contribution in [1.82, 2.24) is 0 Å². The van der Waals surface area contributed by atoms with E-state index in [9.17, 15) is 30.0 Å². The van der Waals surface area contributed by atoms with Crippen LogP contribution in [-0.2, 0) is 9.47 Å². The highest BCUT2D eigenvalue weighted by atomic mass is 16.6. The van der Waals surface area contributed by atoms with Crippen LogP contribution in [0.1, 0.15) is 72.1 Å². The summed E-state index contributed by atoms with van der Waals surface area (Å²) in [6, 6.07) is 5.82. The minimum Gasteiger partial charge on any atom is -0.453 e. The van der Waals surface area contributed by atoms with Gasteiger partial charge in [-0.2, -0.15) is 0 Å². The fourth-order valence-corrected chi connectivity index (χ4v) is 5.06. The van der Waals surface area contributed by atoms with Crippen LogP contribution in [0.3, 0.4) is 0 Å². The molecular weight excluding hydrogens is 416 g/mol. The molecule has 1 aromatic rings. The van der Waals surface area contributed by atoms with E-state index in [4.69, 9.17) is 9.47 Å². The predicted octanol–water partition coefficient (Wildman–Crippen LogP) is 1.83. The molecule has 0 amide bonds. The molecule has 2 saturated carbocycles. The van der Waals surface area contributed by atoms with Crippen molar-refractivity contribution in [2.75, 3.05) is 26.4 Å². The van der Waals surface area contributed by atoms with Crippen molar-refractivity contribution in [2.24, 2.45) is 11.8 Å². The molecule has 0 aliphatic heterocycles. The normalized spacial score (nSPS) is 30.5. The lowest BCUT2D eigenvalue weighted by molar-refractivity contribution is -0.111. The van der Waals surface area contributed by atoms with Crippen molar-refractivity contribution in [3.8, 4) is 0 Å². The topological polar surface area (TPSA) is 134 Å². The molecule has 2 aliphatic rings. The molecule has 8 nitrogen and oxygen atoms in total. The highest BCUT2D eigenvalue weighted by Gasteiger charge is 2.45. The Morgan fingerprint density at radius 1 is 0.719 bits per heavy atom. The van der Waals surface area contributed by atoms with E-state index in [0.717, 1.165) is 25.7 Å². The van der Waals surface area contributed by atoms with E-state index in [-0.39, 0.29) is 49.4 Å². The number of hydrogen-bond donors (Lipinski definition) is 4. The number of ether oxygens (including phenoxy) is 2. The molecule has 4 unspecified atom stereocenters. The molecule has 0 heterocycles. The Kier molecular flexibility index (Phi) is 8.27. The third-order valence-corrected chi connectivity index (χ3v) is 7.22. The second kappa shape index (κ2) is 10.7. The second-order valence-electron chi connectivity index (χ2n) is 9.05. The first-order valence-corrected chi connectivity index (χ1v) is 11.4. The van der Waals surface area contributed by atoms with Crippen molar-refractivity contribution in [3.63, 3.8) is 0 Å². The lowest BCUT2D eigenvalue weighted by Crippen LogP contribution is -2.49. The number of benzene rings is 1. The smallest absolute Gasteiger partial charge is 0.338 e. The van der Waals surface area contributed by atoms with E-state index in [2.05, 4.69) is 0 Å². The first-order valence-electron chi connectivity index (χ1n) is 11.4. The molecule has 0 radical (unpaired) electrons. The molecule has 2 aliphatic carbocycles. The molecule has 4 N–H and O–H groups in total. The van der Waals surface area contributed by atoms with Gasteiger partial charge in [0.05, 0.1) is 24.3 Å². The number of aliphatic hydroxyl groups excluding tert-OH is 4. The number of rotatable bonds is 8. The van der Waals surface area contributed by atoms with Gasteiger partial charge < -0.3 is 29.9 Å². The summed E-state index contributed by atoms with van der Waals surface area (Å²) in [5.74, 6) is -1.88. The summed E-state index contributed by atoms with van der Waals surface area (Å²) in [6.07, 6.45) is 5.75. The molecule has 3 rings (SSSR count). The fraction of sp³-hybridized carbons (Fsp3) is 0.667. The van der Waals surface area contributed by atoms with Gasteiger partial charge in [-0.15, -0.1) is 0 Å². The molecule has 4 atom stereocenters. The number of hydrogen-bond acceptors (Lipinski definition) is 8. The van der Waals surface area contributed by atoms with Gasteiger partial charge in [0, 0.05) is 25.0 Å². The summed E-state index contributed by atoms with van der Waals surface area (Å²) in [5, 5.41) is 39.2. The van der Waals surface area contributed by atoms with E-state index in [1.165, 1.54) is 24.3 Å². The first kappa shape index (κ1) is 24.6. The molecular formula is C24H34O8. The first-order chi connectivity index (χ1) is 15.4. The Balaban J connectivity index is 1.70. The molecule has 0 spiro atoms. The van der Waals surface area contributed by atoms with Crippen molar-refractivity contribution in [3.05, 3.63) is 35.4 Å². The minimum atomic E-state index is -1.10. The summed E-state index contributed by atoms with van der Waals surface area (Å²) in [6.45, 7) is -1.05. The average molecular weight is 451 g/mol. The van der Waals surface area contributed by atoms with Crippen molar-refractivity contribution in [1.29, 1.82) is 0 Å². The summed E-state index contributed by atoms with van der Waals surface area (Å²) in [4.78, 5) is 25.4. The van der Waals surface area contributed by atoms with E-state index in [1.807, 2.05) is 0 Å². The lowest BCUT2D eigenvalue weighted by atomic mass is 9.76. The second-order valence-corrected chi connectivity index (χ2v) is 9.05. The van der Waals surface area contributed by atoms with Crippen molar-refractivity contribution >= 4 is 11.9 Å². The summed E-state index contributed by atoms with van der Waals surface area (Å²) in [5.41, 5.74) is -1.76. The lowest BCUT2D eigenvalue weighted by Gasteiger charge is -2.41. The van der Waals surface area contributed by atoms with Gasteiger partial charge in [0.15, 0.2) is 0 Å². The number of aliphatic hydroxyl groups is 4. The van der Waals surface area contributed by atoms with Crippen LogP contribution >= 0.6 is 0 Å². The summed E-state index contributed by atoms with van der Waals surface area (Å²) >= 11 is 0. The number of esters is 2. The molecule has 0 bridgehead atoms. The molecule has 178 valence electrons. The Morgan fingerprint density at radius 3 is 1.41 bits per heavy atom. The molecule has 2 fully saturated rings. The zero-order chi connectivity index (χ0) is 23.2. The quantitative estimate of drug-likeness (QED) is 0.441. The van der Waals surface area contributed by atoms with E-state index >= 15 is 0 Å². The largest absolute Gasteiger partial charge is 0.453 e. The van der Waals surface area contributed by atoms with Gasteiger partial charge in [0.2, 0.25) is 0 Å². The molecule has 32 heavy (non-hydrogen) atoms. The van der Waals surface area contributed by atoms with Gasteiger partial charge >= 0.3 is 11.9 Å². The van der Waals surface area contributed by atoms with Gasteiger partial charge in [-0.25, -0.2) is 9.59 Å². The van der Waals surface area contributed by atoms with Crippen LogP contribution in [0.15, 0.2) is 24.3 Å². The third kappa shape index (κ3) is 4.98. The summed E-state index contributed by atoms with van der Waals surface area (Å²) < 4.78 is 11.4. The van der Waals surface area contributed by atoms with Crippen LogP contribution in [0, 0.1) is 11.8 Å². The van der Waals surface area contributed by atoms with Crippen LogP contribution in [0.5, 0.6) is 0 Å². The maximum atomic E-state index is 12.7. The van der Waals surface area contributed by atoms with Gasteiger partial charge in [-0.05, 0) is 62.8 Å². The molecule has 0 saturated heterocycles. The van der Waals surface area contributed by atoms with Crippen LogP contribution in [-0.4, -0.2) is 70.0 Å². The molecule has 1 aromatic carbocycles. The maximum absolute atomic E-state index is 12.7. The fourth-order valence-electron chi connectivity index (χ4n) is 5.06. The Labute approximate surface area is 188 Å².